The molecule has 0 amide bonds. The molecule has 0 spiro atoms. The van der Waals surface area contributed by atoms with Gasteiger partial charge in [-0.15, -0.1) is 0 Å². The van der Waals surface area contributed by atoms with E-state index in [4.69, 9.17) is 1.37 Å². The Kier molecular flexibility index (Phi) is 2.91. The maximum Gasteiger partial charge on any atom is 0.300 e. The summed E-state index contributed by atoms with van der Waals surface area (Å²) in [4.78, 5) is 11.2. The van der Waals surface area contributed by atoms with Crippen LogP contribution >= 0.6 is 0 Å². The van der Waals surface area contributed by atoms with Crippen LogP contribution in [0.1, 0.15) is 11.7 Å². The summed E-state index contributed by atoms with van der Waals surface area (Å²) in [6, 6.07) is 15.2. The molecule has 0 radical (unpaired) electrons. The highest BCUT2D eigenvalue weighted by molar-refractivity contribution is 5.98. The van der Waals surface area contributed by atoms with E-state index in [2.05, 4.69) is 0 Å². The van der Waals surface area contributed by atoms with Gasteiger partial charge < -0.3 is 0 Å². The standard InChI is InChI=1S/C14H10F2O/c15-14(16)13(17)12-8-6-11(7-9-12)10-4-2-1-3-5-10/h1-9,14H/i14D. The SMILES string of the molecule is [2H]C(F)(F)C(=O)c1ccc(-c2ccccc2)cc1. The summed E-state index contributed by atoms with van der Waals surface area (Å²) < 4.78 is 31.5. The lowest BCUT2D eigenvalue weighted by Crippen LogP contribution is -2.09. The van der Waals surface area contributed by atoms with Crippen LogP contribution in [-0.4, -0.2) is 12.2 Å². The second kappa shape index (κ2) is 4.87. The molecule has 0 fully saturated rings. The van der Waals surface area contributed by atoms with E-state index < -0.39 is 12.2 Å². The Morgan fingerprint density at radius 1 is 0.941 bits per heavy atom. The van der Waals surface area contributed by atoms with Crippen molar-refractivity contribution in [1.82, 2.24) is 0 Å². The zero-order valence-corrected chi connectivity index (χ0v) is 8.86. The zero-order chi connectivity index (χ0) is 13.2. The first-order chi connectivity index (χ1) is 8.48. The Morgan fingerprint density at radius 2 is 1.47 bits per heavy atom. The number of carbonyl (C=O) groups is 1. The third kappa shape index (κ3) is 2.56. The van der Waals surface area contributed by atoms with Crippen molar-refractivity contribution in [2.45, 2.75) is 6.40 Å². The fourth-order valence-corrected chi connectivity index (χ4v) is 1.55. The van der Waals surface area contributed by atoms with Gasteiger partial charge in [0.05, 0.1) is 0 Å². The minimum absolute atomic E-state index is 0.158. The summed E-state index contributed by atoms with van der Waals surface area (Å²) >= 11 is 0. The van der Waals surface area contributed by atoms with E-state index in [1.807, 2.05) is 30.3 Å². The van der Waals surface area contributed by atoms with Gasteiger partial charge in [-0.3, -0.25) is 4.79 Å². The molecule has 0 aliphatic carbocycles. The minimum atomic E-state index is -4.08. The maximum atomic E-state index is 12.5. The summed E-state index contributed by atoms with van der Waals surface area (Å²) in [7, 11) is 0. The van der Waals surface area contributed by atoms with E-state index in [1.54, 1.807) is 12.1 Å². The summed E-state index contributed by atoms with van der Waals surface area (Å²) in [6.45, 7) is 0. The fourth-order valence-electron chi connectivity index (χ4n) is 1.55. The summed E-state index contributed by atoms with van der Waals surface area (Å²) in [5, 5.41) is 0. The van der Waals surface area contributed by atoms with Crippen LogP contribution in [-0.2, 0) is 0 Å². The highest BCUT2D eigenvalue weighted by atomic mass is 19.3. The van der Waals surface area contributed by atoms with Gasteiger partial charge in [0.1, 0.15) is 1.37 Å². The van der Waals surface area contributed by atoms with Gasteiger partial charge >= 0.3 is 6.40 Å². The number of rotatable bonds is 3. The van der Waals surface area contributed by atoms with Crippen LogP contribution in [0.15, 0.2) is 54.6 Å². The van der Waals surface area contributed by atoms with Gasteiger partial charge in [0.15, 0.2) is 0 Å². The van der Waals surface area contributed by atoms with Gasteiger partial charge in [0.25, 0.3) is 0 Å². The lowest BCUT2D eigenvalue weighted by atomic mass is 10.0. The van der Waals surface area contributed by atoms with Crippen molar-refractivity contribution in [2.24, 2.45) is 0 Å². The predicted octanol–water partition coefficient (Wildman–Crippen LogP) is 3.80. The summed E-state index contributed by atoms with van der Waals surface area (Å²) in [6.07, 6.45) is -4.08. The van der Waals surface area contributed by atoms with Crippen LogP contribution in [0.2, 0.25) is 0 Å². The second-order valence-electron chi connectivity index (χ2n) is 3.53. The van der Waals surface area contributed by atoms with Crippen molar-refractivity contribution in [3.63, 3.8) is 0 Å². The Morgan fingerprint density at radius 3 is 2.00 bits per heavy atom. The van der Waals surface area contributed by atoms with E-state index >= 15 is 0 Å². The summed E-state index contributed by atoms with van der Waals surface area (Å²) in [5.41, 5.74) is 1.62. The molecule has 0 aliphatic rings. The molecule has 0 unspecified atom stereocenters. The lowest BCUT2D eigenvalue weighted by molar-refractivity contribution is 0.0679. The van der Waals surface area contributed by atoms with Crippen LogP contribution in [0.5, 0.6) is 0 Å². The number of carbonyl (C=O) groups excluding carboxylic acids is 1. The van der Waals surface area contributed by atoms with Crippen molar-refractivity contribution in [3.05, 3.63) is 60.2 Å². The van der Waals surface area contributed by atoms with E-state index in [-0.39, 0.29) is 5.56 Å². The van der Waals surface area contributed by atoms with Gasteiger partial charge in [-0.1, -0.05) is 54.6 Å². The van der Waals surface area contributed by atoms with E-state index in [0.29, 0.717) is 0 Å². The zero-order valence-electron chi connectivity index (χ0n) is 9.86. The molecule has 0 N–H and O–H groups in total. The van der Waals surface area contributed by atoms with E-state index in [1.165, 1.54) is 12.1 Å². The Balaban J connectivity index is 2.29. The molecular formula is C14H10F2O. The number of hydrogen-bond acceptors (Lipinski definition) is 1. The summed E-state index contributed by atoms with van der Waals surface area (Å²) in [5.74, 6) is -1.48. The molecule has 0 saturated carbocycles. The quantitative estimate of drug-likeness (QED) is 0.737. The Labute approximate surface area is 99.1 Å². The molecular weight excluding hydrogens is 222 g/mol. The molecule has 0 aromatic heterocycles. The van der Waals surface area contributed by atoms with Crippen molar-refractivity contribution in [2.75, 3.05) is 0 Å². The predicted molar refractivity (Wildman–Crippen MR) is 62.2 cm³/mol. The van der Waals surface area contributed by atoms with Crippen molar-refractivity contribution in [3.8, 4) is 11.1 Å². The van der Waals surface area contributed by atoms with Gasteiger partial charge in [-0.25, -0.2) is 8.78 Å². The average molecular weight is 233 g/mol. The maximum absolute atomic E-state index is 12.5. The molecule has 0 aliphatic heterocycles. The first kappa shape index (κ1) is 10.1. The molecule has 0 heterocycles. The third-order valence-electron chi connectivity index (χ3n) is 2.43. The van der Waals surface area contributed by atoms with Gasteiger partial charge in [-0.2, -0.15) is 0 Å². The van der Waals surface area contributed by atoms with Crippen molar-refractivity contribution in [1.29, 1.82) is 0 Å². The molecule has 0 atom stereocenters. The lowest BCUT2D eigenvalue weighted by Gasteiger charge is -2.03. The average Bonchev–Trinajstić information content (AvgIpc) is 2.38. The first-order valence-corrected chi connectivity index (χ1v) is 5.06. The molecule has 2 aromatic carbocycles. The van der Waals surface area contributed by atoms with Gasteiger partial charge in [0, 0.05) is 5.56 Å². The highest BCUT2D eigenvalue weighted by Crippen LogP contribution is 2.20. The smallest absolute Gasteiger partial charge is 0.288 e. The molecule has 2 rings (SSSR count). The molecule has 2 aromatic rings. The van der Waals surface area contributed by atoms with Crippen LogP contribution in [0, 0.1) is 0 Å². The number of Topliss-reactive ketones (excluding diaryl/α,β-unsaturated/α-hetero) is 1. The van der Waals surface area contributed by atoms with Gasteiger partial charge in [-0.05, 0) is 11.1 Å². The third-order valence-corrected chi connectivity index (χ3v) is 2.43. The fraction of sp³-hybridized carbons (Fsp3) is 0.0714. The Hall–Kier alpha value is -2.03. The number of alkyl halides is 2. The van der Waals surface area contributed by atoms with Crippen molar-refractivity contribution >= 4 is 5.78 Å². The van der Waals surface area contributed by atoms with Crippen molar-refractivity contribution < 1.29 is 14.9 Å². The molecule has 1 nitrogen and oxygen atoms in total. The molecule has 0 saturated heterocycles. The second-order valence-corrected chi connectivity index (χ2v) is 3.53. The van der Waals surface area contributed by atoms with Crippen LogP contribution < -0.4 is 0 Å². The van der Waals surface area contributed by atoms with E-state index in [9.17, 15) is 13.6 Å². The number of ketones is 1. The topological polar surface area (TPSA) is 17.1 Å². The van der Waals surface area contributed by atoms with E-state index in [0.717, 1.165) is 11.1 Å². The largest absolute Gasteiger partial charge is 0.300 e. The first-order valence-electron chi connectivity index (χ1n) is 5.56. The van der Waals surface area contributed by atoms with Crippen LogP contribution in [0.3, 0.4) is 0 Å². The number of halogens is 2. The molecule has 0 bridgehead atoms. The van der Waals surface area contributed by atoms with Crippen LogP contribution in [0.4, 0.5) is 8.78 Å². The highest BCUT2D eigenvalue weighted by Gasteiger charge is 2.17. The van der Waals surface area contributed by atoms with Crippen LogP contribution in [0.25, 0.3) is 11.1 Å². The minimum Gasteiger partial charge on any atom is -0.288 e. The Bertz CT molecular complexity index is 544. The monoisotopic (exact) mass is 233 g/mol. The normalized spacial score (nSPS) is 12.0. The number of hydrogen-bond donors (Lipinski definition) is 0. The molecule has 17 heavy (non-hydrogen) atoms. The molecule has 86 valence electrons. The number of benzene rings is 2. The molecule has 3 heteroatoms. The van der Waals surface area contributed by atoms with Gasteiger partial charge in [0.2, 0.25) is 5.78 Å².